The third kappa shape index (κ3) is 6.73. The summed E-state index contributed by atoms with van der Waals surface area (Å²) in [6, 6.07) is 8.37. The summed E-state index contributed by atoms with van der Waals surface area (Å²) in [7, 11) is 0. The van der Waals surface area contributed by atoms with Gasteiger partial charge in [-0.2, -0.15) is 0 Å². The van der Waals surface area contributed by atoms with Gasteiger partial charge in [-0.1, -0.05) is 36.4 Å². The molecule has 0 N–H and O–H groups in total. The molecule has 4 nitrogen and oxygen atoms in total. The van der Waals surface area contributed by atoms with Crippen LogP contribution in [0.1, 0.15) is 18.1 Å². The Kier molecular flexibility index (Phi) is 16.7. The zero-order valence-electron chi connectivity index (χ0n) is 11.2. The van der Waals surface area contributed by atoms with Gasteiger partial charge in [0.2, 0.25) is 0 Å². The van der Waals surface area contributed by atoms with Crippen molar-refractivity contribution in [3.8, 4) is 0 Å². The van der Waals surface area contributed by atoms with Gasteiger partial charge in [0.05, 0.1) is 6.61 Å². The van der Waals surface area contributed by atoms with E-state index in [0.717, 1.165) is 6.61 Å². The molecule has 0 spiro atoms. The first kappa shape index (κ1) is 23.7. The molecule has 0 aromatic heterocycles. The van der Waals surface area contributed by atoms with E-state index in [4.69, 9.17) is 18.7 Å². The molecule has 5 heteroatoms. The fourth-order valence-corrected chi connectivity index (χ4v) is 1.84. The van der Waals surface area contributed by atoms with E-state index in [-0.39, 0.29) is 23.0 Å². The first-order valence-corrected chi connectivity index (χ1v) is 5.21. The molecule has 1 atom stereocenters. The average molecular weight is 310 g/mol. The number of rotatable bonds is 1. The second kappa shape index (κ2) is 14.1. The van der Waals surface area contributed by atoms with Crippen LogP contribution in [0.2, 0.25) is 0 Å². The Hall–Kier alpha value is -1.33. The molecule has 1 unspecified atom stereocenters. The van der Waals surface area contributed by atoms with E-state index in [0.29, 0.717) is 0 Å². The first-order chi connectivity index (χ1) is 9.22. The maximum atomic E-state index is 7.50. The Balaban J connectivity index is -0.000000368. The molecule has 104 valence electrons. The van der Waals surface area contributed by atoms with Crippen molar-refractivity contribution in [1.82, 2.24) is 0 Å². The Morgan fingerprint density at radius 3 is 1.95 bits per heavy atom. The zero-order chi connectivity index (χ0) is 15.3. The Morgan fingerprint density at radius 2 is 1.55 bits per heavy atom. The van der Waals surface area contributed by atoms with Gasteiger partial charge >= 0.3 is 33.9 Å². The van der Waals surface area contributed by atoms with Crippen molar-refractivity contribution in [3.05, 3.63) is 67.5 Å². The van der Waals surface area contributed by atoms with Crippen molar-refractivity contribution >= 4 is 0 Å². The van der Waals surface area contributed by atoms with Gasteiger partial charge in [0.1, 0.15) is 5.60 Å². The van der Waals surface area contributed by atoms with Gasteiger partial charge in [-0.15, -0.1) is 0 Å². The standard InChI is InChI=1S/C12H14O.3CO.Cr/c1-10-6-3-4-7-11(10)12(2)8-5-9-13-12;3*1-2;/h3-8H,9H2,1-2H3;;;;. The van der Waals surface area contributed by atoms with Crippen LogP contribution in [-0.4, -0.2) is 6.61 Å². The molecule has 0 bridgehead atoms. The minimum atomic E-state index is -0.203. The van der Waals surface area contributed by atoms with E-state index < -0.39 is 0 Å². The minimum absolute atomic E-state index is 0. The molecule has 0 amide bonds. The molecule has 2 rings (SSSR count). The second-order valence-electron chi connectivity index (χ2n) is 3.64. The number of hydrogen-bond donors (Lipinski definition) is 0. The van der Waals surface area contributed by atoms with E-state index in [2.05, 4.69) is 70.2 Å². The minimum Gasteiger partial charge on any atom is 0 e. The Morgan fingerprint density at radius 1 is 1.05 bits per heavy atom. The molecule has 1 aliphatic rings. The predicted octanol–water partition coefficient (Wildman–Crippen LogP) is 2.68. The molecule has 1 aromatic rings. The van der Waals surface area contributed by atoms with E-state index in [1.54, 1.807) is 0 Å². The van der Waals surface area contributed by atoms with E-state index in [1.807, 2.05) is 0 Å². The number of ether oxygens (including phenoxy) is 1. The van der Waals surface area contributed by atoms with E-state index in [1.165, 1.54) is 11.1 Å². The fourth-order valence-electron chi connectivity index (χ4n) is 1.84. The monoisotopic (exact) mass is 310 g/mol. The summed E-state index contributed by atoms with van der Waals surface area (Å²) in [6.45, 7) is 18.5. The Bertz CT molecular complexity index is 448. The van der Waals surface area contributed by atoms with Gasteiger partial charge in [0.25, 0.3) is 0 Å². The van der Waals surface area contributed by atoms with E-state index >= 15 is 0 Å². The summed E-state index contributed by atoms with van der Waals surface area (Å²) in [6.07, 6.45) is 4.21. The number of hydrogen-bond acceptors (Lipinski definition) is 1. The zero-order valence-corrected chi connectivity index (χ0v) is 12.5. The average Bonchev–Trinajstić information content (AvgIpc) is 2.94. The summed E-state index contributed by atoms with van der Waals surface area (Å²) in [5.74, 6) is 0. The van der Waals surface area contributed by atoms with Gasteiger partial charge in [-0.25, -0.2) is 0 Å². The molecule has 0 saturated carbocycles. The molecule has 20 heavy (non-hydrogen) atoms. The predicted molar refractivity (Wildman–Crippen MR) is 65.4 cm³/mol. The number of aryl methyl sites for hydroxylation is 1. The smallest absolute Gasteiger partial charge is 0 e. The van der Waals surface area contributed by atoms with Crippen molar-refractivity contribution < 1.29 is 36.1 Å². The van der Waals surface area contributed by atoms with Crippen LogP contribution in [0.3, 0.4) is 0 Å². The van der Waals surface area contributed by atoms with Crippen LogP contribution >= 0.6 is 0 Å². The summed E-state index contributed by atoms with van der Waals surface area (Å²) >= 11 is 0. The third-order valence-electron chi connectivity index (χ3n) is 2.60. The summed E-state index contributed by atoms with van der Waals surface area (Å²) in [4.78, 5) is 0. The van der Waals surface area contributed by atoms with E-state index in [9.17, 15) is 0 Å². The molecular weight excluding hydrogens is 296 g/mol. The molecule has 0 saturated heterocycles. The van der Waals surface area contributed by atoms with Crippen LogP contribution in [0.25, 0.3) is 0 Å². The molecule has 0 aliphatic carbocycles. The maximum absolute atomic E-state index is 7.50. The van der Waals surface area contributed by atoms with Gasteiger partial charge in [-0.3, -0.25) is 0 Å². The summed E-state index contributed by atoms with van der Waals surface area (Å²) < 4.78 is 28.2. The van der Waals surface area contributed by atoms with Gasteiger partial charge < -0.3 is 4.74 Å². The van der Waals surface area contributed by atoms with Crippen LogP contribution in [0, 0.1) is 26.9 Å². The first-order valence-electron chi connectivity index (χ1n) is 5.21. The van der Waals surface area contributed by atoms with Crippen molar-refractivity contribution in [2.45, 2.75) is 19.4 Å². The molecule has 0 radical (unpaired) electrons. The summed E-state index contributed by atoms with van der Waals surface area (Å²) in [5.41, 5.74) is 2.35. The molecular formula is C15H14CrO4. The molecule has 1 aromatic carbocycles. The van der Waals surface area contributed by atoms with Gasteiger partial charge in [0.15, 0.2) is 0 Å². The van der Waals surface area contributed by atoms with Gasteiger partial charge in [0, 0.05) is 17.4 Å². The number of benzene rings is 1. The topological polar surface area (TPSA) is 68.9 Å². The van der Waals surface area contributed by atoms with Crippen molar-refractivity contribution in [2.24, 2.45) is 0 Å². The van der Waals surface area contributed by atoms with Gasteiger partial charge in [-0.05, 0) is 25.0 Å². The molecule has 0 fully saturated rings. The fraction of sp³-hybridized carbons (Fsp3) is 0.267. The largest absolute Gasteiger partial charge is 0 e. The third-order valence-corrected chi connectivity index (χ3v) is 2.60. The SMILES string of the molecule is Cc1ccccc1C1(C)C=CCO1.[C-]#[O+].[C-]#[O+].[C-]#[O+].[Cr]. The van der Waals surface area contributed by atoms with Crippen LogP contribution in [0.4, 0.5) is 0 Å². The van der Waals surface area contributed by atoms with Crippen LogP contribution < -0.4 is 0 Å². The van der Waals surface area contributed by atoms with Crippen LogP contribution in [0.5, 0.6) is 0 Å². The maximum Gasteiger partial charge on any atom is 0 e. The van der Waals surface area contributed by atoms with Crippen molar-refractivity contribution in [1.29, 1.82) is 0 Å². The molecule has 1 heterocycles. The quantitative estimate of drug-likeness (QED) is 0.446. The van der Waals surface area contributed by atoms with Crippen LogP contribution in [0.15, 0.2) is 36.4 Å². The second-order valence-corrected chi connectivity index (χ2v) is 3.64. The van der Waals surface area contributed by atoms with Crippen molar-refractivity contribution in [3.63, 3.8) is 0 Å². The van der Waals surface area contributed by atoms with Crippen LogP contribution in [-0.2, 0) is 41.7 Å². The molecule has 1 aliphatic heterocycles. The Labute approximate surface area is 130 Å². The van der Waals surface area contributed by atoms with Crippen molar-refractivity contribution in [2.75, 3.05) is 6.61 Å². The summed E-state index contributed by atoms with van der Waals surface area (Å²) in [5, 5.41) is 0. The normalized spacial score (nSPS) is 17.6.